The summed E-state index contributed by atoms with van der Waals surface area (Å²) < 4.78 is 7.89. The number of hydrogen-bond acceptors (Lipinski definition) is 6. The maximum absolute atomic E-state index is 13.3. The predicted molar refractivity (Wildman–Crippen MR) is 124 cm³/mol. The predicted octanol–water partition coefficient (Wildman–Crippen LogP) is 3.80. The highest BCUT2D eigenvalue weighted by Gasteiger charge is 2.27. The van der Waals surface area contributed by atoms with Crippen molar-refractivity contribution in [2.45, 2.75) is 49.4 Å². The Labute approximate surface area is 190 Å². The van der Waals surface area contributed by atoms with Crippen LogP contribution in [0.15, 0.2) is 58.5 Å². The first-order valence-electron chi connectivity index (χ1n) is 10.6. The Morgan fingerprint density at radius 2 is 1.97 bits per heavy atom. The van der Waals surface area contributed by atoms with Crippen molar-refractivity contribution in [2.75, 3.05) is 5.75 Å². The first-order valence-corrected chi connectivity index (χ1v) is 11.6. The molecule has 2 aromatic carbocycles. The van der Waals surface area contributed by atoms with Gasteiger partial charge in [0.05, 0.1) is 28.6 Å². The molecule has 32 heavy (non-hydrogen) atoms. The van der Waals surface area contributed by atoms with Crippen molar-refractivity contribution < 1.29 is 9.53 Å². The van der Waals surface area contributed by atoms with E-state index in [0.717, 1.165) is 25.7 Å². The number of rotatable bonds is 7. The first kappa shape index (κ1) is 21.9. The van der Waals surface area contributed by atoms with Crippen LogP contribution in [0.4, 0.5) is 0 Å². The molecule has 0 aliphatic heterocycles. The van der Waals surface area contributed by atoms with Crippen molar-refractivity contribution in [3.63, 3.8) is 0 Å². The van der Waals surface area contributed by atoms with Crippen LogP contribution < -0.4 is 16.0 Å². The molecule has 1 aliphatic carbocycles. The Balaban J connectivity index is 1.53. The average molecular weight is 449 g/mol. The second-order valence-corrected chi connectivity index (χ2v) is 8.90. The minimum Gasteiger partial charge on any atom is -0.490 e. The number of primary amides is 1. The Morgan fingerprint density at radius 3 is 2.72 bits per heavy atom. The molecular formula is C24H24N4O3S. The lowest BCUT2D eigenvalue weighted by Gasteiger charge is -2.31. The quantitative estimate of drug-likeness (QED) is 0.435. The summed E-state index contributed by atoms with van der Waals surface area (Å²) in [7, 11) is 0. The zero-order valence-corrected chi connectivity index (χ0v) is 18.4. The van der Waals surface area contributed by atoms with Gasteiger partial charge in [-0.25, -0.2) is 4.98 Å². The number of nitrogens with zero attached hydrogens (tertiary/aromatic N) is 3. The van der Waals surface area contributed by atoms with Crippen LogP contribution in [0.5, 0.6) is 5.75 Å². The summed E-state index contributed by atoms with van der Waals surface area (Å²) in [4.78, 5) is 29.2. The second-order valence-electron chi connectivity index (χ2n) is 7.84. The number of hydrogen-bond donors (Lipinski definition) is 1. The number of nitrogens with two attached hydrogens (primary N) is 1. The number of amides is 1. The number of carbonyl (C=O) groups excluding carboxylic acids is 1. The van der Waals surface area contributed by atoms with Gasteiger partial charge in [0, 0.05) is 18.2 Å². The van der Waals surface area contributed by atoms with E-state index in [1.807, 2.05) is 30.3 Å². The van der Waals surface area contributed by atoms with E-state index in [2.05, 4.69) is 6.07 Å². The summed E-state index contributed by atoms with van der Waals surface area (Å²) in [5.74, 6) is 0.804. The van der Waals surface area contributed by atoms with Gasteiger partial charge in [-0.1, -0.05) is 30.0 Å². The van der Waals surface area contributed by atoms with Crippen molar-refractivity contribution in [1.29, 1.82) is 5.26 Å². The van der Waals surface area contributed by atoms with Crippen molar-refractivity contribution in [2.24, 2.45) is 5.73 Å². The summed E-state index contributed by atoms with van der Waals surface area (Å²) in [6, 6.07) is 16.7. The number of ether oxygens (including phenoxy) is 1. The van der Waals surface area contributed by atoms with E-state index in [0.29, 0.717) is 33.1 Å². The third-order valence-electron chi connectivity index (χ3n) is 5.63. The summed E-state index contributed by atoms with van der Waals surface area (Å²) in [5.41, 5.74) is 6.46. The molecule has 1 aromatic heterocycles. The monoisotopic (exact) mass is 448 g/mol. The molecule has 7 nitrogen and oxygen atoms in total. The van der Waals surface area contributed by atoms with Crippen LogP contribution in [0.1, 0.15) is 43.7 Å². The van der Waals surface area contributed by atoms with Crippen LogP contribution in [0.3, 0.4) is 0 Å². The van der Waals surface area contributed by atoms with E-state index in [4.69, 9.17) is 20.7 Å². The van der Waals surface area contributed by atoms with E-state index in [1.54, 1.807) is 22.8 Å². The molecule has 0 radical (unpaired) electrons. The first-order chi connectivity index (χ1) is 15.5. The molecular weight excluding hydrogens is 424 g/mol. The molecule has 0 unspecified atom stereocenters. The fraction of sp³-hybridized carbons (Fsp3) is 0.333. The maximum atomic E-state index is 13.3. The van der Waals surface area contributed by atoms with Gasteiger partial charge in [-0.05, 0) is 56.0 Å². The maximum Gasteiger partial charge on any atom is 0.262 e. The van der Waals surface area contributed by atoms with Crippen LogP contribution in [0, 0.1) is 11.3 Å². The Morgan fingerprint density at radius 1 is 1.19 bits per heavy atom. The van der Waals surface area contributed by atoms with Gasteiger partial charge in [-0.3, -0.25) is 14.2 Å². The molecule has 8 heteroatoms. The van der Waals surface area contributed by atoms with Gasteiger partial charge in [-0.15, -0.1) is 0 Å². The normalized spacial score (nSPS) is 18.2. The van der Waals surface area contributed by atoms with Gasteiger partial charge >= 0.3 is 0 Å². The third kappa shape index (κ3) is 4.94. The van der Waals surface area contributed by atoms with Crippen molar-refractivity contribution in [3.8, 4) is 11.8 Å². The van der Waals surface area contributed by atoms with Crippen LogP contribution in [-0.4, -0.2) is 27.3 Å². The highest BCUT2D eigenvalue weighted by Crippen LogP contribution is 2.33. The lowest BCUT2D eigenvalue weighted by atomic mass is 9.92. The average Bonchev–Trinajstić information content (AvgIpc) is 2.80. The van der Waals surface area contributed by atoms with E-state index in [-0.39, 0.29) is 30.0 Å². The van der Waals surface area contributed by atoms with Gasteiger partial charge in [0.25, 0.3) is 5.56 Å². The van der Waals surface area contributed by atoms with Crippen molar-refractivity contribution in [3.05, 3.63) is 64.4 Å². The third-order valence-corrected chi connectivity index (χ3v) is 6.58. The fourth-order valence-electron chi connectivity index (χ4n) is 4.04. The minimum atomic E-state index is -0.370. The number of aromatic nitrogens is 2. The number of thioether (sulfide) groups is 1. The number of nitriles is 1. The molecule has 0 bridgehead atoms. The fourth-order valence-corrected chi connectivity index (χ4v) is 5.06. The van der Waals surface area contributed by atoms with Gasteiger partial charge in [0.2, 0.25) is 5.91 Å². The van der Waals surface area contributed by atoms with E-state index < -0.39 is 0 Å². The summed E-state index contributed by atoms with van der Waals surface area (Å²) in [6.45, 7) is 0. The van der Waals surface area contributed by atoms with Crippen molar-refractivity contribution >= 4 is 28.6 Å². The Hall–Kier alpha value is -3.31. The van der Waals surface area contributed by atoms with Crippen LogP contribution in [0.25, 0.3) is 10.9 Å². The summed E-state index contributed by atoms with van der Waals surface area (Å²) in [6.07, 6.45) is 3.43. The van der Waals surface area contributed by atoms with Crippen LogP contribution in [0.2, 0.25) is 0 Å². The van der Waals surface area contributed by atoms with Gasteiger partial charge in [0.1, 0.15) is 5.75 Å². The molecule has 1 amide bonds. The Bertz CT molecular complexity index is 1230. The lowest BCUT2D eigenvalue weighted by Crippen LogP contribution is -2.33. The minimum absolute atomic E-state index is 0.0148. The largest absolute Gasteiger partial charge is 0.490 e. The number of carbonyl (C=O) groups is 1. The molecule has 4 rings (SSSR count). The number of benzene rings is 2. The molecule has 1 fully saturated rings. The molecule has 2 N–H and O–H groups in total. The van der Waals surface area contributed by atoms with Gasteiger partial charge in [-0.2, -0.15) is 5.26 Å². The molecule has 0 atom stereocenters. The highest BCUT2D eigenvalue weighted by molar-refractivity contribution is 7.99. The molecule has 3 aromatic rings. The molecule has 0 saturated heterocycles. The van der Waals surface area contributed by atoms with Gasteiger partial charge < -0.3 is 10.5 Å². The zero-order valence-electron chi connectivity index (χ0n) is 17.6. The topological polar surface area (TPSA) is 111 Å². The molecule has 1 saturated carbocycles. The SMILES string of the molecule is N#Cc1cccc(OC2CCC(n3c(SCCC(N)=O)nc4ccccc4c3=O)CC2)c1. The van der Waals surface area contributed by atoms with E-state index in [9.17, 15) is 9.59 Å². The smallest absolute Gasteiger partial charge is 0.262 e. The molecule has 0 spiro atoms. The van der Waals surface area contributed by atoms with Crippen LogP contribution >= 0.6 is 11.8 Å². The van der Waals surface area contributed by atoms with Gasteiger partial charge in [0.15, 0.2) is 5.16 Å². The zero-order chi connectivity index (χ0) is 22.5. The highest BCUT2D eigenvalue weighted by atomic mass is 32.2. The molecule has 1 heterocycles. The molecule has 1 aliphatic rings. The standard InChI is InChI=1S/C24H24N4O3S/c25-15-16-4-3-5-19(14-16)31-18-10-8-17(9-11-18)28-23(30)20-6-1-2-7-21(20)27-24(28)32-13-12-22(26)29/h1-7,14,17-18H,8-13H2,(H2,26,29). The lowest BCUT2D eigenvalue weighted by molar-refractivity contribution is -0.117. The van der Waals surface area contributed by atoms with E-state index >= 15 is 0 Å². The Kier molecular flexibility index (Phi) is 6.76. The summed E-state index contributed by atoms with van der Waals surface area (Å²) in [5, 5.41) is 10.3. The van der Waals surface area contributed by atoms with E-state index in [1.165, 1.54) is 11.8 Å². The number of fused-ring (bicyclic) bond motifs is 1. The number of para-hydroxylation sites is 1. The summed E-state index contributed by atoms with van der Waals surface area (Å²) >= 11 is 1.39. The van der Waals surface area contributed by atoms with Crippen molar-refractivity contribution in [1.82, 2.24) is 9.55 Å². The molecule has 164 valence electrons. The van der Waals surface area contributed by atoms with Crippen LogP contribution in [-0.2, 0) is 4.79 Å². The second kappa shape index (κ2) is 9.88.